The molecule has 1 N–H and O–H groups in total. The van der Waals surface area contributed by atoms with Crippen molar-refractivity contribution in [1.29, 1.82) is 0 Å². The number of hydrogen-bond donors (Lipinski definition) is 1. The van der Waals surface area contributed by atoms with Crippen LogP contribution in [0.5, 0.6) is 11.5 Å². The lowest BCUT2D eigenvalue weighted by Crippen LogP contribution is -2.41. The molecule has 1 saturated heterocycles. The molecule has 124 valence electrons. The Hall–Kier alpha value is -1.38. The molecule has 1 aliphatic heterocycles. The van der Waals surface area contributed by atoms with Gasteiger partial charge in [-0.05, 0) is 19.9 Å². The van der Waals surface area contributed by atoms with Crippen LogP contribution < -0.4 is 14.8 Å². The topological polar surface area (TPSA) is 67.9 Å². The summed E-state index contributed by atoms with van der Waals surface area (Å²) in [6.07, 6.45) is 1.52. The maximum atomic E-state index is 14.3. The fourth-order valence-electron chi connectivity index (χ4n) is 2.72. The van der Waals surface area contributed by atoms with Gasteiger partial charge in [0.2, 0.25) is 10.0 Å². The third-order valence-corrected chi connectivity index (χ3v) is 5.75. The van der Waals surface area contributed by atoms with Gasteiger partial charge in [-0.25, -0.2) is 12.8 Å². The summed E-state index contributed by atoms with van der Waals surface area (Å²) in [7, 11) is 0.599. The van der Waals surface area contributed by atoms with Gasteiger partial charge in [-0.3, -0.25) is 0 Å². The minimum atomic E-state index is -3.92. The van der Waals surface area contributed by atoms with Crippen molar-refractivity contribution in [2.24, 2.45) is 0 Å². The van der Waals surface area contributed by atoms with Crippen molar-refractivity contribution in [2.45, 2.75) is 23.8 Å². The van der Waals surface area contributed by atoms with Crippen LogP contribution in [0, 0.1) is 5.82 Å². The van der Waals surface area contributed by atoms with E-state index in [0.717, 1.165) is 18.9 Å². The average Bonchev–Trinajstić information content (AvgIpc) is 2.96. The SMILES string of the molecule is CNCC1CCCN1S(=O)(=O)c1cc(OC)c(OC)cc1F. The molecule has 1 unspecified atom stereocenters. The summed E-state index contributed by atoms with van der Waals surface area (Å²) >= 11 is 0. The molecule has 0 saturated carbocycles. The van der Waals surface area contributed by atoms with E-state index < -0.39 is 15.8 Å². The molecule has 6 nitrogen and oxygen atoms in total. The third-order valence-electron chi connectivity index (χ3n) is 3.79. The normalized spacial score (nSPS) is 19.4. The van der Waals surface area contributed by atoms with Gasteiger partial charge in [0.1, 0.15) is 10.7 Å². The Bertz CT molecular complexity index is 636. The first-order valence-electron chi connectivity index (χ1n) is 7.03. The molecular weight excluding hydrogens is 311 g/mol. The van der Waals surface area contributed by atoms with Gasteiger partial charge in [0.15, 0.2) is 11.5 Å². The lowest BCUT2D eigenvalue weighted by molar-refractivity contribution is 0.348. The minimum Gasteiger partial charge on any atom is -0.493 e. The first-order valence-corrected chi connectivity index (χ1v) is 8.47. The Balaban J connectivity index is 2.45. The first kappa shape index (κ1) is 17.0. The van der Waals surface area contributed by atoms with Crippen molar-refractivity contribution >= 4 is 10.0 Å². The Morgan fingerprint density at radius 3 is 2.55 bits per heavy atom. The molecule has 8 heteroatoms. The standard InChI is InChI=1S/C14H21FN2O4S/c1-16-9-10-5-4-6-17(10)22(18,19)14-8-13(21-3)12(20-2)7-11(14)15/h7-8,10,16H,4-6,9H2,1-3H3. The zero-order valence-corrected chi connectivity index (χ0v) is 13.7. The fraction of sp³-hybridized carbons (Fsp3) is 0.571. The third kappa shape index (κ3) is 3.04. The Morgan fingerprint density at radius 1 is 1.32 bits per heavy atom. The number of benzene rings is 1. The number of nitrogens with zero attached hydrogens (tertiary/aromatic N) is 1. The monoisotopic (exact) mass is 332 g/mol. The van der Waals surface area contributed by atoms with Gasteiger partial charge in [0.05, 0.1) is 14.2 Å². The molecule has 1 aromatic rings. The lowest BCUT2D eigenvalue weighted by atomic mass is 10.2. The summed E-state index contributed by atoms with van der Waals surface area (Å²) < 4.78 is 51.2. The van der Waals surface area contributed by atoms with E-state index in [-0.39, 0.29) is 22.4 Å². The van der Waals surface area contributed by atoms with Crippen molar-refractivity contribution < 1.29 is 22.3 Å². The average molecular weight is 332 g/mol. The van der Waals surface area contributed by atoms with E-state index in [0.29, 0.717) is 13.1 Å². The number of sulfonamides is 1. The number of hydrogen-bond acceptors (Lipinski definition) is 5. The molecule has 0 radical (unpaired) electrons. The van der Waals surface area contributed by atoms with Crippen LogP contribution in [0.1, 0.15) is 12.8 Å². The van der Waals surface area contributed by atoms with E-state index in [9.17, 15) is 12.8 Å². The van der Waals surface area contributed by atoms with Gasteiger partial charge in [0.25, 0.3) is 0 Å². The lowest BCUT2D eigenvalue weighted by Gasteiger charge is -2.24. The number of likely N-dealkylation sites (N-methyl/N-ethyl adjacent to an activating group) is 1. The zero-order valence-electron chi connectivity index (χ0n) is 12.9. The second-order valence-electron chi connectivity index (χ2n) is 5.11. The number of nitrogens with one attached hydrogen (secondary N) is 1. The zero-order chi connectivity index (χ0) is 16.3. The van der Waals surface area contributed by atoms with E-state index in [1.165, 1.54) is 24.6 Å². The van der Waals surface area contributed by atoms with Gasteiger partial charge >= 0.3 is 0 Å². The maximum absolute atomic E-state index is 14.3. The van der Waals surface area contributed by atoms with Crippen LogP contribution >= 0.6 is 0 Å². The quantitative estimate of drug-likeness (QED) is 0.848. The summed E-state index contributed by atoms with van der Waals surface area (Å²) in [6, 6.07) is 2.05. The van der Waals surface area contributed by atoms with Crippen molar-refractivity contribution in [3.05, 3.63) is 17.9 Å². The Morgan fingerprint density at radius 2 is 1.95 bits per heavy atom. The molecule has 1 aromatic carbocycles. The highest BCUT2D eigenvalue weighted by Crippen LogP contribution is 2.34. The van der Waals surface area contributed by atoms with Crippen LogP contribution in [0.25, 0.3) is 0 Å². The molecule has 0 spiro atoms. The molecule has 0 aliphatic carbocycles. The Labute approximate surface area is 130 Å². The molecule has 22 heavy (non-hydrogen) atoms. The van der Waals surface area contributed by atoms with E-state index >= 15 is 0 Å². The van der Waals surface area contributed by atoms with E-state index in [1.54, 1.807) is 7.05 Å². The second kappa shape index (κ2) is 6.80. The fourth-order valence-corrected chi connectivity index (χ4v) is 4.48. The maximum Gasteiger partial charge on any atom is 0.246 e. The predicted octanol–water partition coefficient (Wildman–Crippen LogP) is 1.22. The highest BCUT2D eigenvalue weighted by molar-refractivity contribution is 7.89. The van der Waals surface area contributed by atoms with Gasteiger partial charge < -0.3 is 14.8 Å². The van der Waals surface area contributed by atoms with Crippen molar-refractivity contribution in [3.63, 3.8) is 0 Å². The number of rotatable bonds is 6. The first-order chi connectivity index (χ1) is 10.5. The molecule has 0 amide bonds. The highest BCUT2D eigenvalue weighted by Gasteiger charge is 2.37. The van der Waals surface area contributed by atoms with Crippen LogP contribution in [0.2, 0.25) is 0 Å². The van der Waals surface area contributed by atoms with Crippen molar-refractivity contribution in [1.82, 2.24) is 9.62 Å². The molecule has 1 fully saturated rings. The molecule has 1 heterocycles. The van der Waals surface area contributed by atoms with Gasteiger partial charge in [-0.15, -0.1) is 0 Å². The van der Waals surface area contributed by atoms with Gasteiger partial charge in [-0.2, -0.15) is 4.31 Å². The summed E-state index contributed by atoms with van der Waals surface area (Å²) in [6.45, 7) is 0.927. The number of ether oxygens (including phenoxy) is 2. The summed E-state index contributed by atoms with van der Waals surface area (Å²) in [5.74, 6) is -0.494. The molecule has 2 rings (SSSR count). The number of methoxy groups -OCH3 is 2. The largest absolute Gasteiger partial charge is 0.493 e. The highest BCUT2D eigenvalue weighted by atomic mass is 32.2. The van der Waals surface area contributed by atoms with Crippen LogP contribution in [-0.2, 0) is 10.0 Å². The smallest absolute Gasteiger partial charge is 0.246 e. The molecule has 0 aromatic heterocycles. The summed E-state index contributed by atoms with van der Waals surface area (Å²) in [4.78, 5) is -0.381. The van der Waals surface area contributed by atoms with Crippen LogP contribution in [0.4, 0.5) is 4.39 Å². The van der Waals surface area contributed by atoms with Gasteiger partial charge in [0, 0.05) is 31.3 Å². The van der Waals surface area contributed by atoms with Crippen LogP contribution in [0.3, 0.4) is 0 Å². The number of halogens is 1. The molecule has 1 aliphatic rings. The molecular formula is C14H21FN2O4S. The Kier molecular flexibility index (Phi) is 5.25. The van der Waals surface area contributed by atoms with E-state index in [2.05, 4.69) is 5.32 Å². The van der Waals surface area contributed by atoms with E-state index in [1.807, 2.05) is 0 Å². The van der Waals surface area contributed by atoms with Crippen LogP contribution in [-0.4, -0.2) is 53.1 Å². The predicted molar refractivity (Wildman–Crippen MR) is 80.3 cm³/mol. The van der Waals surface area contributed by atoms with Crippen LogP contribution in [0.15, 0.2) is 17.0 Å². The summed E-state index contributed by atoms with van der Waals surface area (Å²) in [5.41, 5.74) is 0. The van der Waals surface area contributed by atoms with Gasteiger partial charge in [-0.1, -0.05) is 0 Å². The molecule has 1 atom stereocenters. The van der Waals surface area contributed by atoms with Crippen molar-refractivity contribution in [2.75, 3.05) is 34.4 Å². The molecule has 0 bridgehead atoms. The van der Waals surface area contributed by atoms with E-state index in [4.69, 9.17) is 9.47 Å². The second-order valence-corrected chi connectivity index (χ2v) is 6.97. The minimum absolute atomic E-state index is 0.159. The van der Waals surface area contributed by atoms with Crippen molar-refractivity contribution in [3.8, 4) is 11.5 Å². The summed E-state index contributed by atoms with van der Waals surface area (Å²) in [5, 5.41) is 2.97.